The summed E-state index contributed by atoms with van der Waals surface area (Å²) in [5, 5.41) is 0. The molecule has 0 atom stereocenters. The Bertz CT molecular complexity index is 564. The molecule has 23 heteroatoms. The van der Waals surface area contributed by atoms with Gasteiger partial charge in [0.1, 0.15) is 6.42 Å². The summed E-state index contributed by atoms with van der Waals surface area (Å²) in [5.41, 5.74) is 0. The van der Waals surface area contributed by atoms with E-state index in [0.29, 0.717) is 14.1 Å². The van der Waals surface area contributed by atoms with Crippen LogP contribution in [0.15, 0.2) is 0 Å². The number of halogens is 17. The van der Waals surface area contributed by atoms with Crippen LogP contribution in [0.25, 0.3) is 0 Å². The normalized spacial score (nSPS) is 11.8. The highest BCUT2D eigenvalue weighted by Gasteiger charge is 2.51. The Morgan fingerprint density at radius 2 is 0.944 bits per heavy atom. The van der Waals surface area contributed by atoms with E-state index in [1.165, 1.54) is 0 Å². The van der Waals surface area contributed by atoms with E-state index in [9.17, 15) is 74.3 Å². The molecule has 0 heterocycles. The Labute approximate surface area is 194 Å². The number of alkyl halides is 15. The molecule has 0 rings (SSSR count). The second kappa shape index (κ2) is 21.7. The minimum absolute atomic E-state index is 0. The average Bonchev–Trinajstić information content (AvgIpc) is 2.59. The smallest absolute Gasteiger partial charge is 0.260 e. The summed E-state index contributed by atoms with van der Waals surface area (Å²) in [5.74, 6) is -3.12. The first-order valence-corrected chi connectivity index (χ1v) is 8.30. The molecular weight excluding hydrogens is 591 g/mol. The second-order valence-electron chi connectivity index (χ2n) is 4.77. The van der Waals surface area contributed by atoms with Gasteiger partial charge in [-0.15, -0.1) is 4.94 Å². The van der Waals surface area contributed by atoms with Crippen molar-refractivity contribution in [2.24, 2.45) is 0 Å². The predicted octanol–water partition coefficient (Wildman–Crippen LogP) is 7.79. The molecule has 5 nitrogen and oxygen atoms in total. The lowest BCUT2D eigenvalue weighted by atomic mass is 10.4. The number of ether oxygens (including phenoxy) is 1. The molecule has 0 unspecified atom stereocenters. The molecule has 230 valence electrons. The SMILES string of the molecule is C.C.CC(F)(F)CF.CF.FCC(F)(F)OC(F)(F)CC(F)(F)F.FCC(F)(F)OF.O=S(=O)(O)F. The van der Waals surface area contributed by atoms with Crippen LogP contribution in [0.3, 0.4) is 0 Å². The van der Waals surface area contributed by atoms with Crippen molar-refractivity contribution in [2.75, 3.05) is 27.2 Å². The molecule has 0 aromatic rings. The fourth-order valence-corrected chi connectivity index (χ4v) is 0.536. The lowest BCUT2D eigenvalue weighted by Crippen LogP contribution is -2.37. The highest BCUT2D eigenvalue weighted by molar-refractivity contribution is 7.80. The van der Waals surface area contributed by atoms with Crippen LogP contribution in [0.5, 0.6) is 0 Å². The topological polar surface area (TPSA) is 72.8 Å². The highest BCUT2D eigenvalue weighted by Crippen LogP contribution is 2.36. The molecule has 0 saturated heterocycles. The van der Waals surface area contributed by atoms with Crippen molar-refractivity contribution in [1.29, 1.82) is 0 Å². The summed E-state index contributed by atoms with van der Waals surface area (Å²) in [7, 11) is -4.67. The number of rotatable bonds is 7. The first kappa shape index (κ1) is 51.3. The van der Waals surface area contributed by atoms with Crippen LogP contribution >= 0.6 is 0 Å². The highest BCUT2D eigenvalue weighted by atomic mass is 32.3. The molecule has 0 aliphatic heterocycles. The third-order valence-corrected chi connectivity index (χ3v) is 1.36. The molecule has 0 amide bonds. The Morgan fingerprint density at radius 3 is 1.06 bits per heavy atom. The van der Waals surface area contributed by atoms with Gasteiger partial charge in [-0.2, -0.15) is 47.9 Å². The molecule has 0 fully saturated rings. The molecule has 0 saturated carbocycles. The minimum Gasteiger partial charge on any atom is -0.260 e. The van der Waals surface area contributed by atoms with E-state index in [2.05, 4.69) is 4.74 Å². The Kier molecular flexibility index (Phi) is 30.9. The molecule has 0 bridgehead atoms. The van der Waals surface area contributed by atoms with Gasteiger partial charge in [0.2, 0.25) is 0 Å². The monoisotopic (exact) mass is 614 g/mol. The summed E-state index contributed by atoms with van der Waals surface area (Å²) in [6.45, 7) is -5.79. The van der Waals surface area contributed by atoms with Crippen molar-refractivity contribution < 1.29 is 96.9 Å². The molecule has 0 spiro atoms. The van der Waals surface area contributed by atoms with Crippen LogP contribution in [0.1, 0.15) is 28.2 Å². The summed E-state index contributed by atoms with van der Waals surface area (Å²) in [6.07, 6.45) is -22.6. The molecule has 0 aromatic heterocycles. The summed E-state index contributed by atoms with van der Waals surface area (Å²) >= 11 is 0. The summed E-state index contributed by atoms with van der Waals surface area (Å²) < 4.78 is 214. The van der Waals surface area contributed by atoms with Gasteiger partial charge < -0.3 is 0 Å². The molecule has 0 aliphatic rings. The maximum Gasteiger partial charge on any atom is 0.435 e. The standard InChI is InChI=1S/C5H4F8O.C3H5F3.C2H2F4O.CH3F.2CH4.FHO3S/c6-2-5(12,13)14-4(10,11)1-3(7,8)9;1-3(5,6)2-4;3-1-2(4,5)7-6;1-2;;;1-5(2,3)4/h1-2H2;2H2,1H3;1H2;1H3;2*1H4;(H,2,3,4). The van der Waals surface area contributed by atoms with Crippen molar-refractivity contribution in [2.45, 2.75) is 58.6 Å². The zero-order valence-electron chi connectivity index (χ0n) is 16.2. The summed E-state index contributed by atoms with van der Waals surface area (Å²) in [4.78, 5) is 1.88. The van der Waals surface area contributed by atoms with Gasteiger partial charge in [-0.25, -0.2) is 22.0 Å². The Balaban J connectivity index is -0.0000000651. The maximum absolute atomic E-state index is 12.0. The van der Waals surface area contributed by atoms with Crippen LogP contribution in [0, 0.1) is 0 Å². The fraction of sp³-hybridized carbons (Fsp3) is 1.00. The Morgan fingerprint density at radius 1 is 0.694 bits per heavy atom. The van der Waals surface area contributed by atoms with Gasteiger partial charge in [0.05, 0.1) is 7.18 Å². The van der Waals surface area contributed by atoms with Crippen LogP contribution in [-0.2, 0) is 20.2 Å². The van der Waals surface area contributed by atoms with Gasteiger partial charge in [-0.3, -0.25) is 13.7 Å². The third kappa shape index (κ3) is 63.7. The van der Waals surface area contributed by atoms with Crippen molar-refractivity contribution in [3.63, 3.8) is 0 Å². The summed E-state index contributed by atoms with van der Waals surface area (Å²) in [6, 6.07) is 0. The lowest BCUT2D eigenvalue weighted by Gasteiger charge is -2.22. The first-order chi connectivity index (χ1) is 14.7. The van der Waals surface area contributed by atoms with Gasteiger partial charge >= 0.3 is 35.0 Å². The van der Waals surface area contributed by atoms with Crippen LogP contribution in [-0.4, -0.2) is 70.6 Å². The first-order valence-electron chi connectivity index (χ1n) is 6.96. The van der Waals surface area contributed by atoms with Crippen LogP contribution in [0.2, 0.25) is 0 Å². The van der Waals surface area contributed by atoms with Gasteiger partial charge in [0, 0.05) is 6.92 Å². The van der Waals surface area contributed by atoms with Crippen LogP contribution < -0.4 is 0 Å². The molecule has 0 aromatic carbocycles. The van der Waals surface area contributed by atoms with Crippen molar-refractivity contribution in [1.82, 2.24) is 0 Å². The van der Waals surface area contributed by atoms with Crippen molar-refractivity contribution in [3.8, 4) is 0 Å². The van der Waals surface area contributed by atoms with E-state index in [4.69, 9.17) is 13.0 Å². The molecule has 0 radical (unpaired) electrons. The molecule has 36 heavy (non-hydrogen) atoms. The lowest BCUT2D eigenvalue weighted by molar-refractivity contribution is -0.395. The third-order valence-electron chi connectivity index (χ3n) is 1.36. The zero-order chi connectivity index (χ0) is 29.2. The predicted molar refractivity (Wildman–Crippen MR) is 90.5 cm³/mol. The quantitative estimate of drug-likeness (QED) is 0.180. The van der Waals surface area contributed by atoms with Crippen LogP contribution in [0.4, 0.5) is 74.3 Å². The van der Waals surface area contributed by atoms with E-state index in [1.807, 2.05) is 4.94 Å². The largest absolute Gasteiger partial charge is 0.435 e. The minimum atomic E-state index is -5.38. The van der Waals surface area contributed by atoms with Gasteiger partial charge in [-0.1, -0.05) is 18.7 Å². The van der Waals surface area contributed by atoms with E-state index >= 15 is 0 Å². The molecular formula is C13H23F17O5S. The van der Waals surface area contributed by atoms with E-state index in [0.717, 1.165) is 0 Å². The number of hydrogen-bond donors (Lipinski definition) is 1. The fourth-order valence-electron chi connectivity index (χ4n) is 0.536. The molecule has 0 aliphatic carbocycles. The zero-order valence-corrected chi connectivity index (χ0v) is 17.1. The average molecular weight is 614 g/mol. The van der Waals surface area contributed by atoms with E-state index in [-0.39, 0.29) is 14.9 Å². The van der Waals surface area contributed by atoms with Crippen molar-refractivity contribution >= 4 is 10.5 Å². The van der Waals surface area contributed by atoms with Gasteiger partial charge in [0.15, 0.2) is 20.0 Å². The van der Waals surface area contributed by atoms with Crippen molar-refractivity contribution in [3.05, 3.63) is 0 Å². The Hall–Kier alpha value is -1.36. The van der Waals surface area contributed by atoms with Gasteiger partial charge in [0.25, 0.3) is 5.92 Å². The number of hydrogen-bond acceptors (Lipinski definition) is 4. The van der Waals surface area contributed by atoms with E-state index < -0.39 is 67.4 Å². The molecule has 1 N–H and O–H groups in total. The maximum atomic E-state index is 12.0. The van der Waals surface area contributed by atoms with Gasteiger partial charge in [-0.05, 0) is 4.53 Å². The second-order valence-corrected chi connectivity index (χ2v) is 5.59. The van der Waals surface area contributed by atoms with E-state index in [1.54, 1.807) is 0 Å².